The van der Waals surface area contributed by atoms with Crippen LogP contribution in [0, 0.1) is 0 Å². The van der Waals surface area contributed by atoms with Gasteiger partial charge in [-0.25, -0.2) is 0 Å². The number of phenols is 1. The van der Waals surface area contributed by atoms with E-state index in [9.17, 15) is 19.8 Å². The van der Waals surface area contributed by atoms with E-state index in [1.165, 1.54) is 24.1 Å². The highest BCUT2D eigenvalue weighted by Crippen LogP contribution is 2.41. The van der Waals surface area contributed by atoms with Gasteiger partial charge in [0.05, 0.1) is 30.9 Å². The maximum Gasteiger partial charge on any atom is 0.295 e. The molecule has 0 aliphatic carbocycles. The smallest absolute Gasteiger partial charge is 0.295 e. The van der Waals surface area contributed by atoms with Crippen LogP contribution in [0.5, 0.6) is 17.2 Å². The summed E-state index contributed by atoms with van der Waals surface area (Å²) in [6, 6.07) is 10.7. The van der Waals surface area contributed by atoms with Crippen molar-refractivity contribution in [3.05, 3.63) is 59.2 Å². The number of likely N-dealkylation sites (tertiary alicyclic amines) is 1. The summed E-state index contributed by atoms with van der Waals surface area (Å²) < 4.78 is 10.7. The molecule has 33 heavy (non-hydrogen) atoms. The first kappa shape index (κ1) is 24.1. The zero-order chi connectivity index (χ0) is 24.1. The number of Topliss-reactive ketones (excluding diaryl/α,β-unsaturated/α-hetero) is 1. The standard InChI is InChI=1S/C25H30N2O6/c1-5-14-33-17-8-6-16(7-9-17)22-21(24(30)25(31)27(22)13-12-26(2)3)23(29)19-11-10-18(32-4)15-20(19)28/h6-11,15,22,28-29H,5,12-14H2,1-4H3/b23-21+. The fourth-order valence-corrected chi connectivity index (χ4v) is 3.71. The Balaban J connectivity index is 2.10. The van der Waals surface area contributed by atoms with E-state index >= 15 is 0 Å². The Bertz CT molecular complexity index is 1050. The van der Waals surface area contributed by atoms with E-state index in [2.05, 4.69) is 0 Å². The van der Waals surface area contributed by atoms with Crippen LogP contribution in [0.3, 0.4) is 0 Å². The molecule has 0 bridgehead atoms. The highest BCUT2D eigenvalue weighted by atomic mass is 16.5. The SMILES string of the molecule is CCCOc1ccc(C2/C(=C(\O)c3ccc(OC)cc3O)C(=O)C(=O)N2CCN(C)C)cc1. The summed E-state index contributed by atoms with van der Waals surface area (Å²) >= 11 is 0. The van der Waals surface area contributed by atoms with Gasteiger partial charge in [0, 0.05) is 19.2 Å². The molecule has 1 atom stereocenters. The van der Waals surface area contributed by atoms with Crippen molar-refractivity contribution < 1.29 is 29.3 Å². The van der Waals surface area contributed by atoms with E-state index in [-0.39, 0.29) is 16.9 Å². The number of nitrogens with zero attached hydrogens (tertiary/aromatic N) is 2. The van der Waals surface area contributed by atoms with Crippen LogP contribution < -0.4 is 9.47 Å². The van der Waals surface area contributed by atoms with Gasteiger partial charge in [-0.2, -0.15) is 0 Å². The first-order valence-electron chi connectivity index (χ1n) is 10.8. The number of likely N-dealkylation sites (N-methyl/N-ethyl adjacent to an activating group) is 1. The summed E-state index contributed by atoms with van der Waals surface area (Å²) in [5, 5.41) is 21.5. The minimum absolute atomic E-state index is 0.0503. The van der Waals surface area contributed by atoms with Crippen molar-refractivity contribution in [1.82, 2.24) is 9.80 Å². The lowest BCUT2D eigenvalue weighted by Gasteiger charge is -2.26. The molecule has 2 aromatic rings. The van der Waals surface area contributed by atoms with Crippen molar-refractivity contribution in [1.29, 1.82) is 0 Å². The van der Waals surface area contributed by atoms with Crippen molar-refractivity contribution in [2.45, 2.75) is 19.4 Å². The van der Waals surface area contributed by atoms with E-state index in [0.29, 0.717) is 36.8 Å². The van der Waals surface area contributed by atoms with Gasteiger partial charge in [-0.15, -0.1) is 0 Å². The minimum Gasteiger partial charge on any atom is -0.507 e. The normalized spacial score (nSPS) is 17.6. The minimum atomic E-state index is -0.799. The van der Waals surface area contributed by atoms with Crippen LogP contribution in [0.25, 0.3) is 5.76 Å². The van der Waals surface area contributed by atoms with E-state index in [1.807, 2.05) is 25.9 Å². The molecule has 1 aliphatic heterocycles. The molecule has 8 nitrogen and oxygen atoms in total. The maximum absolute atomic E-state index is 13.0. The van der Waals surface area contributed by atoms with Crippen LogP contribution >= 0.6 is 0 Å². The number of ketones is 1. The highest BCUT2D eigenvalue weighted by Gasteiger charge is 2.46. The molecular formula is C25H30N2O6. The van der Waals surface area contributed by atoms with Crippen LogP contribution in [0.1, 0.15) is 30.5 Å². The Morgan fingerprint density at radius 2 is 1.76 bits per heavy atom. The summed E-state index contributed by atoms with van der Waals surface area (Å²) in [6.07, 6.45) is 0.873. The number of aromatic hydroxyl groups is 1. The lowest BCUT2D eigenvalue weighted by molar-refractivity contribution is -0.140. The predicted octanol–water partition coefficient (Wildman–Crippen LogP) is 3.17. The fourth-order valence-electron chi connectivity index (χ4n) is 3.71. The summed E-state index contributed by atoms with van der Waals surface area (Å²) in [5.74, 6) is -1.10. The number of carbonyl (C=O) groups is 2. The van der Waals surface area contributed by atoms with Crippen LogP contribution in [0.4, 0.5) is 0 Å². The molecule has 2 aromatic carbocycles. The second-order valence-corrected chi connectivity index (χ2v) is 8.10. The van der Waals surface area contributed by atoms with Gasteiger partial charge < -0.3 is 29.5 Å². The second kappa shape index (κ2) is 10.4. The maximum atomic E-state index is 13.0. The number of hydrogen-bond donors (Lipinski definition) is 2. The molecule has 0 radical (unpaired) electrons. The number of aliphatic hydroxyl groups excluding tert-OH is 1. The van der Waals surface area contributed by atoms with E-state index < -0.39 is 23.5 Å². The molecule has 0 saturated carbocycles. The Morgan fingerprint density at radius 1 is 1.09 bits per heavy atom. The van der Waals surface area contributed by atoms with Crippen molar-refractivity contribution in [2.75, 3.05) is 40.9 Å². The molecule has 176 valence electrons. The van der Waals surface area contributed by atoms with Crippen LogP contribution in [-0.4, -0.2) is 72.6 Å². The van der Waals surface area contributed by atoms with Crippen LogP contribution in [0.2, 0.25) is 0 Å². The first-order valence-corrected chi connectivity index (χ1v) is 10.8. The number of methoxy groups -OCH3 is 1. The van der Waals surface area contributed by atoms with Gasteiger partial charge in [-0.1, -0.05) is 19.1 Å². The molecule has 1 aliphatic rings. The summed E-state index contributed by atoms with van der Waals surface area (Å²) in [5.41, 5.74) is 0.641. The number of aliphatic hydroxyl groups is 1. The molecule has 8 heteroatoms. The average molecular weight is 455 g/mol. The van der Waals surface area contributed by atoms with Gasteiger partial charge in [0.2, 0.25) is 0 Å². The van der Waals surface area contributed by atoms with Crippen LogP contribution in [-0.2, 0) is 9.59 Å². The number of rotatable bonds is 9. The van der Waals surface area contributed by atoms with E-state index in [1.54, 1.807) is 30.3 Å². The molecule has 2 N–H and O–H groups in total. The van der Waals surface area contributed by atoms with Gasteiger partial charge in [-0.3, -0.25) is 9.59 Å². The molecule has 1 unspecified atom stereocenters. The van der Waals surface area contributed by atoms with Crippen molar-refractivity contribution in [2.24, 2.45) is 0 Å². The third kappa shape index (κ3) is 5.12. The van der Waals surface area contributed by atoms with Crippen molar-refractivity contribution in [3.63, 3.8) is 0 Å². The molecule has 1 fully saturated rings. The van der Waals surface area contributed by atoms with E-state index in [4.69, 9.17) is 9.47 Å². The fraction of sp³-hybridized carbons (Fsp3) is 0.360. The number of hydrogen-bond acceptors (Lipinski definition) is 7. The second-order valence-electron chi connectivity index (χ2n) is 8.10. The van der Waals surface area contributed by atoms with Gasteiger partial charge >= 0.3 is 0 Å². The molecule has 1 amide bonds. The quantitative estimate of drug-likeness (QED) is 0.341. The number of carbonyl (C=O) groups excluding carboxylic acids is 2. The van der Waals surface area contributed by atoms with Gasteiger partial charge in [0.15, 0.2) is 0 Å². The Hall–Kier alpha value is -3.52. The van der Waals surface area contributed by atoms with Gasteiger partial charge in [-0.05, 0) is 50.3 Å². The average Bonchev–Trinajstić information content (AvgIpc) is 3.06. The molecule has 0 spiro atoms. The Morgan fingerprint density at radius 3 is 2.33 bits per heavy atom. The monoisotopic (exact) mass is 454 g/mol. The van der Waals surface area contributed by atoms with Crippen molar-refractivity contribution in [3.8, 4) is 17.2 Å². The lowest BCUT2D eigenvalue weighted by atomic mass is 9.95. The van der Waals surface area contributed by atoms with Crippen molar-refractivity contribution >= 4 is 17.4 Å². The highest BCUT2D eigenvalue weighted by molar-refractivity contribution is 6.46. The zero-order valence-electron chi connectivity index (χ0n) is 19.4. The topological polar surface area (TPSA) is 99.5 Å². The third-order valence-corrected chi connectivity index (χ3v) is 5.46. The Kier molecular flexibility index (Phi) is 7.60. The summed E-state index contributed by atoms with van der Waals surface area (Å²) in [7, 11) is 5.21. The van der Waals surface area contributed by atoms with Gasteiger partial charge in [0.25, 0.3) is 11.7 Å². The first-order chi connectivity index (χ1) is 15.8. The number of amides is 1. The summed E-state index contributed by atoms with van der Waals surface area (Å²) in [4.78, 5) is 29.4. The molecule has 1 heterocycles. The summed E-state index contributed by atoms with van der Waals surface area (Å²) in [6.45, 7) is 3.43. The lowest BCUT2D eigenvalue weighted by Crippen LogP contribution is -2.35. The predicted molar refractivity (Wildman–Crippen MR) is 124 cm³/mol. The van der Waals surface area contributed by atoms with Gasteiger partial charge in [0.1, 0.15) is 23.0 Å². The Labute approximate surface area is 193 Å². The van der Waals surface area contributed by atoms with E-state index in [0.717, 1.165) is 6.42 Å². The molecule has 3 rings (SSSR count). The number of benzene rings is 2. The zero-order valence-corrected chi connectivity index (χ0v) is 19.4. The number of ether oxygens (including phenoxy) is 2. The molecule has 0 aromatic heterocycles. The molecule has 1 saturated heterocycles. The number of phenolic OH excluding ortho intramolecular Hbond substituents is 1. The third-order valence-electron chi connectivity index (χ3n) is 5.46. The largest absolute Gasteiger partial charge is 0.507 e. The molecular weight excluding hydrogens is 424 g/mol. The van der Waals surface area contributed by atoms with Crippen LogP contribution in [0.15, 0.2) is 48.0 Å².